The first-order valence-corrected chi connectivity index (χ1v) is 8.64. The Morgan fingerprint density at radius 2 is 1.71 bits per heavy atom. The van der Waals surface area contributed by atoms with Gasteiger partial charge in [-0.05, 0) is 31.9 Å². The first-order valence-electron chi connectivity index (χ1n) is 8.64. The number of hydrogen-bond acceptors (Lipinski definition) is 6. The maximum absolute atomic E-state index is 12.4. The zero-order valence-corrected chi connectivity index (χ0v) is 16.4. The number of aryl methyl sites for hydroxylation is 3. The third kappa shape index (κ3) is 7.18. The Morgan fingerprint density at radius 3 is 2.25 bits per heavy atom. The molecule has 0 aromatic heterocycles. The quantitative estimate of drug-likeness (QED) is 0.371. The molecule has 1 atom stereocenters. The summed E-state index contributed by atoms with van der Waals surface area (Å²) in [6.07, 6.45) is 0.345. The molecule has 1 rings (SSSR count). The third-order valence-electron chi connectivity index (χ3n) is 3.85. The minimum Gasteiger partial charge on any atom is -0.454 e. The molecule has 9 nitrogen and oxygen atoms in total. The molecule has 0 bridgehead atoms. The second-order valence-corrected chi connectivity index (χ2v) is 6.37. The number of hydrogen-bond donors (Lipinski definition) is 3. The molecular formula is C19H25N3O6. The van der Waals surface area contributed by atoms with Gasteiger partial charge in [-0.1, -0.05) is 17.7 Å². The predicted molar refractivity (Wildman–Crippen MR) is 101 cm³/mol. The lowest BCUT2D eigenvalue weighted by Crippen LogP contribution is -2.51. The Balaban J connectivity index is 2.78. The molecule has 152 valence electrons. The number of ether oxygens (including phenoxy) is 1. The standard InChI is InChI=1S/C19H25N3O6/c1-11-5-12(2)18(13(3)6-11)19(27)28-9-16(25)15(7-21-14(4)24)22-17(26)8-20-10-23/h5-6,10,15H,7-9H2,1-4H3,(H,20,23)(H,21,24)(H,22,26). The second-order valence-electron chi connectivity index (χ2n) is 6.37. The predicted octanol–water partition coefficient (Wildman–Crippen LogP) is -0.295. The molecule has 0 aliphatic heterocycles. The molecule has 0 saturated heterocycles. The second kappa shape index (κ2) is 10.8. The number of Topliss-reactive ketones (excluding diaryl/α,β-unsaturated/α-hetero) is 1. The number of ketones is 1. The molecule has 0 aliphatic carbocycles. The monoisotopic (exact) mass is 391 g/mol. The highest BCUT2D eigenvalue weighted by Gasteiger charge is 2.23. The molecule has 0 spiro atoms. The first-order chi connectivity index (χ1) is 13.1. The van der Waals surface area contributed by atoms with Crippen LogP contribution in [0.1, 0.15) is 34.0 Å². The van der Waals surface area contributed by atoms with Crippen LogP contribution in [0.4, 0.5) is 0 Å². The van der Waals surface area contributed by atoms with Crippen LogP contribution in [0.5, 0.6) is 0 Å². The van der Waals surface area contributed by atoms with Crippen LogP contribution in [0, 0.1) is 20.8 Å². The summed E-state index contributed by atoms with van der Waals surface area (Å²) in [7, 11) is 0. The van der Waals surface area contributed by atoms with E-state index in [-0.39, 0.29) is 19.0 Å². The SMILES string of the molecule is CC(=O)NCC(NC(=O)CNC=O)C(=O)COC(=O)c1c(C)cc(C)cc1C. The minimum absolute atomic E-state index is 0.166. The first kappa shape index (κ1) is 22.8. The molecular weight excluding hydrogens is 366 g/mol. The van der Waals surface area contributed by atoms with Crippen molar-refractivity contribution in [3.63, 3.8) is 0 Å². The van der Waals surface area contributed by atoms with Crippen LogP contribution in [0.2, 0.25) is 0 Å². The van der Waals surface area contributed by atoms with Crippen LogP contribution in [-0.4, -0.2) is 55.7 Å². The van der Waals surface area contributed by atoms with Crippen molar-refractivity contribution in [1.82, 2.24) is 16.0 Å². The molecule has 1 aromatic carbocycles. The molecule has 0 fully saturated rings. The third-order valence-corrected chi connectivity index (χ3v) is 3.85. The molecule has 0 heterocycles. The lowest BCUT2D eigenvalue weighted by Gasteiger charge is -2.18. The van der Waals surface area contributed by atoms with Gasteiger partial charge in [0.05, 0.1) is 12.1 Å². The summed E-state index contributed by atoms with van der Waals surface area (Å²) in [4.78, 5) is 57.9. The van der Waals surface area contributed by atoms with E-state index in [0.717, 1.165) is 16.7 Å². The number of carbonyl (C=O) groups excluding carboxylic acids is 5. The van der Waals surface area contributed by atoms with Crippen molar-refractivity contribution >= 4 is 30.0 Å². The zero-order chi connectivity index (χ0) is 21.3. The zero-order valence-electron chi connectivity index (χ0n) is 16.4. The van der Waals surface area contributed by atoms with E-state index in [4.69, 9.17) is 4.74 Å². The largest absolute Gasteiger partial charge is 0.454 e. The summed E-state index contributed by atoms with van der Waals surface area (Å²) in [5.74, 6) is -2.24. The average Bonchev–Trinajstić information content (AvgIpc) is 2.60. The summed E-state index contributed by atoms with van der Waals surface area (Å²) >= 11 is 0. The van der Waals surface area contributed by atoms with Gasteiger partial charge in [0.15, 0.2) is 12.4 Å². The highest BCUT2D eigenvalue weighted by atomic mass is 16.5. The van der Waals surface area contributed by atoms with Gasteiger partial charge >= 0.3 is 5.97 Å². The fourth-order valence-corrected chi connectivity index (χ4v) is 2.68. The van der Waals surface area contributed by atoms with E-state index < -0.39 is 30.3 Å². The van der Waals surface area contributed by atoms with Gasteiger partial charge in [0.1, 0.15) is 6.04 Å². The normalized spacial score (nSPS) is 11.1. The van der Waals surface area contributed by atoms with Crippen molar-refractivity contribution in [3.05, 3.63) is 34.4 Å². The molecule has 3 N–H and O–H groups in total. The Morgan fingerprint density at radius 1 is 1.11 bits per heavy atom. The van der Waals surface area contributed by atoms with Crippen molar-refractivity contribution in [3.8, 4) is 0 Å². The number of rotatable bonds is 10. The number of nitrogens with one attached hydrogen (secondary N) is 3. The van der Waals surface area contributed by atoms with Crippen molar-refractivity contribution < 1.29 is 28.7 Å². The van der Waals surface area contributed by atoms with Crippen LogP contribution < -0.4 is 16.0 Å². The average molecular weight is 391 g/mol. The topological polar surface area (TPSA) is 131 Å². The van der Waals surface area contributed by atoms with Gasteiger partial charge in [-0.15, -0.1) is 0 Å². The van der Waals surface area contributed by atoms with Crippen LogP contribution in [0.3, 0.4) is 0 Å². The van der Waals surface area contributed by atoms with E-state index in [1.165, 1.54) is 6.92 Å². The van der Waals surface area contributed by atoms with E-state index in [1.807, 2.05) is 19.1 Å². The molecule has 28 heavy (non-hydrogen) atoms. The fraction of sp³-hybridized carbons (Fsp3) is 0.421. The Kier molecular flexibility index (Phi) is 8.80. The summed E-state index contributed by atoms with van der Waals surface area (Å²) < 4.78 is 5.12. The maximum atomic E-state index is 12.4. The molecule has 3 amide bonds. The van der Waals surface area contributed by atoms with Crippen molar-refractivity contribution in [2.24, 2.45) is 0 Å². The van der Waals surface area contributed by atoms with Crippen LogP contribution in [0.15, 0.2) is 12.1 Å². The maximum Gasteiger partial charge on any atom is 0.339 e. The molecule has 1 unspecified atom stereocenters. The fourth-order valence-electron chi connectivity index (χ4n) is 2.68. The number of amides is 3. The lowest BCUT2D eigenvalue weighted by molar-refractivity contribution is -0.129. The van der Waals surface area contributed by atoms with Crippen molar-refractivity contribution in [2.45, 2.75) is 33.7 Å². The summed E-state index contributed by atoms with van der Waals surface area (Å²) in [5.41, 5.74) is 2.86. The molecule has 9 heteroatoms. The highest BCUT2D eigenvalue weighted by Crippen LogP contribution is 2.17. The van der Waals surface area contributed by atoms with E-state index in [0.29, 0.717) is 12.0 Å². The lowest BCUT2D eigenvalue weighted by atomic mass is 10.00. The van der Waals surface area contributed by atoms with Crippen LogP contribution in [-0.2, 0) is 23.9 Å². The van der Waals surface area contributed by atoms with Crippen LogP contribution in [0.25, 0.3) is 0 Å². The number of benzene rings is 1. The smallest absolute Gasteiger partial charge is 0.339 e. The summed E-state index contributed by atoms with van der Waals surface area (Å²) in [6, 6.07) is 2.58. The van der Waals surface area contributed by atoms with Gasteiger partial charge in [-0.2, -0.15) is 0 Å². The van der Waals surface area contributed by atoms with Gasteiger partial charge in [0.2, 0.25) is 18.2 Å². The van der Waals surface area contributed by atoms with Crippen LogP contribution >= 0.6 is 0 Å². The van der Waals surface area contributed by atoms with Gasteiger partial charge in [0, 0.05) is 13.5 Å². The Hall–Kier alpha value is -3.23. The summed E-state index contributed by atoms with van der Waals surface area (Å²) in [6.45, 7) is 5.66. The number of esters is 1. The molecule has 0 radical (unpaired) electrons. The number of carbonyl (C=O) groups is 5. The van der Waals surface area contributed by atoms with Gasteiger partial charge < -0.3 is 20.7 Å². The highest BCUT2D eigenvalue weighted by molar-refractivity contribution is 5.96. The molecule has 1 aromatic rings. The Bertz CT molecular complexity index is 752. The minimum atomic E-state index is -1.10. The van der Waals surface area contributed by atoms with Crippen molar-refractivity contribution in [2.75, 3.05) is 19.7 Å². The molecule has 0 saturated carbocycles. The summed E-state index contributed by atoms with van der Waals surface area (Å²) in [5, 5.41) is 6.98. The van der Waals surface area contributed by atoms with Gasteiger partial charge in [0.25, 0.3) is 0 Å². The van der Waals surface area contributed by atoms with E-state index in [9.17, 15) is 24.0 Å². The van der Waals surface area contributed by atoms with Gasteiger partial charge in [-0.3, -0.25) is 19.2 Å². The van der Waals surface area contributed by atoms with E-state index in [1.54, 1.807) is 13.8 Å². The van der Waals surface area contributed by atoms with E-state index >= 15 is 0 Å². The van der Waals surface area contributed by atoms with Crippen molar-refractivity contribution in [1.29, 1.82) is 0 Å². The molecule has 0 aliphatic rings. The Labute approximate surface area is 163 Å². The van der Waals surface area contributed by atoms with E-state index in [2.05, 4.69) is 16.0 Å². The van der Waals surface area contributed by atoms with Gasteiger partial charge in [-0.25, -0.2) is 4.79 Å².